The average Bonchev–Trinajstić information content (AvgIpc) is 2.71. The molecule has 6 nitrogen and oxygen atoms in total. The first-order valence-electron chi connectivity index (χ1n) is 9.86. The van der Waals surface area contributed by atoms with Crippen molar-refractivity contribution in [1.82, 2.24) is 0 Å². The van der Waals surface area contributed by atoms with E-state index in [9.17, 15) is 14.4 Å². The number of hydrogen-bond acceptors (Lipinski definition) is 5. The zero-order valence-corrected chi connectivity index (χ0v) is 16.6. The first-order valence-corrected chi connectivity index (χ1v) is 9.86. The Balaban J connectivity index is 1.79. The Bertz CT molecular complexity index is 808. The van der Waals surface area contributed by atoms with Crippen LogP contribution in [0.3, 0.4) is 0 Å². The summed E-state index contributed by atoms with van der Waals surface area (Å²) >= 11 is 0. The van der Waals surface area contributed by atoms with Crippen LogP contribution in [0, 0.1) is 0 Å². The monoisotopic (exact) mass is 398 g/mol. The molecule has 29 heavy (non-hydrogen) atoms. The van der Waals surface area contributed by atoms with Gasteiger partial charge in [0, 0.05) is 6.42 Å². The summed E-state index contributed by atoms with van der Waals surface area (Å²) in [5.74, 6) is -1.30. The molecule has 0 aliphatic rings. The molecule has 0 saturated carbocycles. The van der Waals surface area contributed by atoms with Crippen molar-refractivity contribution in [3.63, 3.8) is 0 Å². The van der Waals surface area contributed by atoms with Crippen LogP contribution in [-0.4, -0.2) is 23.0 Å². The highest BCUT2D eigenvalue weighted by atomic mass is 16.5. The van der Waals surface area contributed by atoms with Crippen molar-refractivity contribution >= 4 is 17.9 Å². The minimum absolute atomic E-state index is 0.108. The number of esters is 2. The van der Waals surface area contributed by atoms with Crippen molar-refractivity contribution in [3.05, 3.63) is 59.7 Å². The number of carboxylic acids is 1. The molecule has 0 heterocycles. The number of carbonyl (C=O) groups excluding carboxylic acids is 2. The molecule has 0 amide bonds. The maximum absolute atomic E-state index is 12.2. The van der Waals surface area contributed by atoms with E-state index in [0.717, 1.165) is 19.3 Å². The second kappa shape index (κ2) is 11.6. The third-order valence-electron chi connectivity index (χ3n) is 4.37. The van der Waals surface area contributed by atoms with Gasteiger partial charge in [0.1, 0.15) is 11.5 Å². The van der Waals surface area contributed by atoms with Crippen molar-refractivity contribution in [1.29, 1.82) is 0 Å². The molecule has 0 aromatic heterocycles. The van der Waals surface area contributed by atoms with Gasteiger partial charge in [-0.3, -0.25) is 4.79 Å². The summed E-state index contributed by atoms with van der Waals surface area (Å²) in [6.07, 6.45) is 6.97. The minimum atomic E-state index is -1.05. The molecule has 154 valence electrons. The third-order valence-corrected chi connectivity index (χ3v) is 4.37. The van der Waals surface area contributed by atoms with Crippen LogP contribution >= 0.6 is 0 Å². The summed E-state index contributed by atoms with van der Waals surface area (Å²) in [7, 11) is 0. The summed E-state index contributed by atoms with van der Waals surface area (Å²) in [5, 5.41) is 8.87. The van der Waals surface area contributed by atoms with Gasteiger partial charge in [0.05, 0.1) is 11.1 Å². The lowest BCUT2D eigenvalue weighted by atomic mass is 10.1. The number of aromatic carboxylic acids is 1. The van der Waals surface area contributed by atoms with E-state index < -0.39 is 11.9 Å². The number of ether oxygens (including phenoxy) is 2. The molecule has 2 rings (SSSR count). The molecule has 2 aromatic carbocycles. The van der Waals surface area contributed by atoms with E-state index in [2.05, 4.69) is 6.92 Å². The molecule has 1 N–H and O–H groups in total. The highest BCUT2D eigenvalue weighted by molar-refractivity contribution is 5.91. The van der Waals surface area contributed by atoms with Crippen molar-refractivity contribution in [2.75, 3.05) is 0 Å². The van der Waals surface area contributed by atoms with Gasteiger partial charge in [0.15, 0.2) is 0 Å². The van der Waals surface area contributed by atoms with E-state index in [0.29, 0.717) is 17.7 Å². The molecule has 0 atom stereocenters. The van der Waals surface area contributed by atoms with E-state index in [1.165, 1.54) is 55.7 Å². The molecule has 0 radical (unpaired) electrons. The molecule has 0 spiro atoms. The smallest absolute Gasteiger partial charge is 0.343 e. The second-order valence-corrected chi connectivity index (χ2v) is 6.74. The summed E-state index contributed by atoms with van der Waals surface area (Å²) in [5.41, 5.74) is 0.403. The topological polar surface area (TPSA) is 89.9 Å². The lowest BCUT2D eigenvalue weighted by Gasteiger charge is -2.07. The van der Waals surface area contributed by atoms with Gasteiger partial charge in [-0.25, -0.2) is 9.59 Å². The van der Waals surface area contributed by atoms with Crippen LogP contribution in [-0.2, 0) is 4.79 Å². The van der Waals surface area contributed by atoms with Crippen LogP contribution in [0.2, 0.25) is 0 Å². The Labute approximate surface area is 170 Å². The standard InChI is InChI=1S/C23H26O6/c1-2-3-4-5-6-7-8-21(24)28-19-15-11-18(12-16-19)23(27)29-20-13-9-17(10-14-20)22(25)26/h9-16H,2-8H2,1H3,(H,25,26). The predicted molar refractivity (Wildman–Crippen MR) is 108 cm³/mol. The lowest BCUT2D eigenvalue weighted by molar-refractivity contribution is -0.134. The fourth-order valence-electron chi connectivity index (χ4n) is 2.72. The molecule has 0 saturated heterocycles. The Morgan fingerprint density at radius 2 is 1.24 bits per heavy atom. The first-order chi connectivity index (χ1) is 14.0. The Morgan fingerprint density at radius 1 is 0.724 bits per heavy atom. The van der Waals surface area contributed by atoms with Gasteiger partial charge in [0.2, 0.25) is 0 Å². The molecular weight excluding hydrogens is 372 g/mol. The maximum Gasteiger partial charge on any atom is 0.343 e. The van der Waals surface area contributed by atoms with E-state index >= 15 is 0 Å². The number of hydrogen-bond donors (Lipinski definition) is 1. The van der Waals surface area contributed by atoms with Gasteiger partial charge >= 0.3 is 17.9 Å². The highest BCUT2D eigenvalue weighted by Crippen LogP contribution is 2.17. The molecular formula is C23H26O6. The van der Waals surface area contributed by atoms with Gasteiger partial charge in [-0.15, -0.1) is 0 Å². The number of benzene rings is 2. The van der Waals surface area contributed by atoms with Crippen LogP contribution in [0.25, 0.3) is 0 Å². The predicted octanol–water partition coefficient (Wildman–Crippen LogP) is 5.26. The number of carbonyl (C=O) groups is 3. The Kier molecular flexibility index (Phi) is 8.89. The fraction of sp³-hybridized carbons (Fsp3) is 0.348. The van der Waals surface area contributed by atoms with Gasteiger partial charge in [-0.05, 0) is 55.0 Å². The molecule has 0 aliphatic carbocycles. The van der Waals surface area contributed by atoms with Crippen LogP contribution in [0.1, 0.15) is 72.6 Å². The number of carboxylic acid groups (broad SMARTS) is 1. The number of rotatable bonds is 11. The second-order valence-electron chi connectivity index (χ2n) is 6.74. The van der Waals surface area contributed by atoms with Gasteiger partial charge in [-0.2, -0.15) is 0 Å². The maximum atomic E-state index is 12.2. The van der Waals surface area contributed by atoms with Gasteiger partial charge < -0.3 is 14.6 Å². The molecule has 0 unspecified atom stereocenters. The molecule has 0 aliphatic heterocycles. The highest BCUT2D eigenvalue weighted by Gasteiger charge is 2.11. The van der Waals surface area contributed by atoms with E-state index in [1.54, 1.807) is 12.1 Å². The number of unbranched alkanes of at least 4 members (excludes halogenated alkanes) is 5. The van der Waals surface area contributed by atoms with Crippen molar-refractivity contribution in [3.8, 4) is 11.5 Å². The van der Waals surface area contributed by atoms with Crippen LogP contribution in [0.15, 0.2) is 48.5 Å². The van der Waals surface area contributed by atoms with E-state index in [4.69, 9.17) is 14.6 Å². The SMILES string of the molecule is CCCCCCCCC(=O)Oc1ccc(C(=O)Oc2ccc(C(=O)O)cc2)cc1. The molecule has 2 aromatic rings. The lowest BCUT2D eigenvalue weighted by Crippen LogP contribution is -2.10. The van der Waals surface area contributed by atoms with E-state index in [-0.39, 0.29) is 17.3 Å². The third kappa shape index (κ3) is 7.78. The van der Waals surface area contributed by atoms with Crippen LogP contribution in [0.5, 0.6) is 11.5 Å². The van der Waals surface area contributed by atoms with Crippen molar-refractivity contribution in [2.45, 2.75) is 51.9 Å². The van der Waals surface area contributed by atoms with Crippen molar-refractivity contribution < 1.29 is 29.0 Å². The van der Waals surface area contributed by atoms with Gasteiger partial charge in [0.25, 0.3) is 0 Å². The Hall–Kier alpha value is -3.15. The van der Waals surface area contributed by atoms with Crippen LogP contribution in [0.4, 0.5) is 0 Å². The minimum Gasteiger partial charge on any atom is -0.478 e. The summed E-state index contributed by atoms with van der Waals surface area (Å²) in [6.45, 7) is 2.17. The first kappa shape index (κ1) is 22.1. The van der Waals surface area contributed by atoms with E-state index in [1.807, 2.05) is 0 Å². The average molecular weight is 398 g/mol. The van der Waals surface area contributed by atoms with Crippen molar-refractivity contribution in [2.24, 2.45) is 0 Å². The largest absolute Gasteiger partial charge is 0.478 e. The Morgan fingerprint density at radius 3 is 1.83 bits per heavy atom. The molecule has 6 heteroatoms. The summed E-state index contributed by atoms with van der Waals surface area (Å²) in [4.78, 5) is 34.9. The van der Waals surface area contributed by atoms with Crippen LogP contribution < -0.4 is 9.47 Å². The molecule has 0 fully saturated rings. The molecule has 0 bridgehead atoms. The van der Waals surface area contributed by atoms with Gasteiger partial charge in [-0.1, -0.05) is 39.0 Å². The summed E-state index contributed by atoms with van der Waals surface area (Å²) in [6, 6.07) is 11.7. The quantitative estimate of drug-likeness (QED) is 0.315. The fourth-order valence-corrected chi connectivity index (χ4v) is 2.72. The zero-order valence-electron chi connectivity index (χ0n) is 16.6. The normalized spacial score (nSPS) is 10.4. The zero-order chi connectivity index (χ0) is 21.1. The summed E-state index contributed by atoms with van der Waals surface area (Å²) < 4.78 is 10.5.